The van der Waals surface area contributed by atoms with Crippen LogP contribution in [0.4, 0.5) is 5.69 Å². The first-order valence-electron chi connectivity index (χ1n) is 9.83. The monoisotopic (exact) mass is 415 g/mol. The second-order valence-corrected chi connectivity index (χ2v) is 9.70. The molecule has 0 saturated carbocycles. The molecule has 6 nitrogen and oxygen atoms in total. The number of hydrogen-bond acceptors (Lipinski definition) is 4. The Morgan fingerprint density at radius 2 is 1.55 bits per heavy atom. The zero-order valence-electron chi connectivity index (χ0n) is 17.5. The molecule has 1 saturated heterocycles. The molecule has 0 radical (unpaired) electrons. The van der Waals surface area contributed by atoms with Crippen LogP contribution in [0.5, 0.6) is 0 Å². The highest BCUT2D eigenvalue weighted by atomic mass is 32.2. The van der Waals surface area contributed by atoms with E-state index in [-0.39, 0.29) is 12.5 Å². The lowest BCUT2D eigenvalue weighted by molar-refractivity contribution is -0.117. The van der Waals surface area contributed by atoms with Gasteiger partial charge in [-0.3, -0.25) is 9.69 Å². The molecule has 1 aliphatic rings. The highest BCUT2D eigenvalue weighted by Gasteiger charge is 2.30. The third-order valence-electron chi connectivity index (χ3n) is 5.45. The first kappa shape index (κ1) is 21.5. The summed E-state index contributed by atoms with van der Waals surface area (Å²) in [5.41, 5.74) is 4.79. The molecule has 0 atom stereocenters. The largest absolute Gasteiger partial charge is 0.325 e. The van der Waals surface area contributed by atoms with E-state index in [0.29, 0.717) is 31.1 Å². The van der Waals surface area contributed by atoms with Crippen molar-refractivity contribution in [3.63, 3.8) is 0 Å². The van der Waals surface area contributed by atoms with Gasteiger partial charge in [0.25, 0.3) is 0 Å². The van der Waals surface area contributed by atoms with Gasteiger partial charge in [-0.25, -0.2) is 8.42 Å². The number of aryl methyl sites for hydroxylation is 4. The summed E-state index contributed by atoms with van der Waals surface area (Å²) in [4.78, 5) is 14.7. The van der Waals surface area contributed by atoms with Crippen LogP contribution in [0.15, 0.2) is 41.3 Å². The minimum atomic E-state index is -3.52. The molecular formula is C22H29N3O3S. The van der Waals surface area contributed by atoms with Crippen molar-refractivity contribution in [3.05, 3.63) is 58.7 Å². The Labute approximate surface area is 173 Å². The number of nitrogens with one attached hydrogen (secondary N) is 1. The maximum Gasteiger partial charge on any atom is 0.243 e. The van der Waals surface area contributed by atoms with Gasteiger partial charge in [0.1, 0.15) is 0 Å². The Morgan fingerprint density at radius 3 is 2.21 bits per heavy atom. The summed E-state index contributed by atoms with van der Waals surface area (Å²) >= 11 is 0. The van der Waals surface area contributed by atoms with Crippen molar-refractivity contribution >= 4 is 21.6 Å². The SMILES string of the molecule is Cc1ccc(C)c(S(=O)(=O)N2CCN(CC(=O)Nc3ccc(C)c(C)c3)CC2)c1. The topological polar surface area (TPSA) is 69.7 Å². The maximum absolute atomic E-state index is 13.0. The van der Waals surface area contributed by atoms with E-state index < -0.39 is 10.0 Å². The number of nitrogens with zero attached hydrogens (tertiary/aromatic N) is 2. The van der Waals surface area contributed by atoms with Crippen LogP contribution in [0, 0.1) is 27.7 Å². The second kappa shape index (κ2) is 8.65. The third-order valence-corrected chi connectivity index (χ3v) is 7.49. The molecule has 2 aromatic rings. The van der Waals surface area contributed by atoms with Crippen LogP contribution < -0.4 is 5.32 Å². The fourth-order valence-corrected chi connectivity index (χ4v) is 5.21. The fourth-order valence-electron chi connectivity index (χ4n) is 3.48. The summed E-state index contributed by atoms with van der Waals surface area (Å²) in [5.74, 6) is -0.0842. The van der Waals surface area contributed by atoms with Crippen LogP contribution in [0.2, 0.25) is 0 Å². The van der Waals surface area contributed by atoms with E-state index in [2.05, 4.69) is 5.32 Å². The minimum Gasteiger partial charge on any atom is -0.325 e. The highest BCUT2D eigenvalue weighted by molar-refractivity contribution is 7.89. The molecule has 156 valence electrons. The number of anilines is 1. The molecule has 1 aliphatic heterocycles. The lowest BCUT2D eigenvalue weighted by atomic mass is 10.1. The van der Waals surface area contributed by atoms with E-state index >= 15 is 0 Å². The molecule has 7 heteroatoms. The van der Waals surface area contributed by atoms with Gasteiger partial charge in [0.2, 0.25) is 15.9 Å². The van der Waals surface area contributed by atoms with Crippen molar-refractivity contribution in [2.24, 2.45) is 0 Å². The highest BCUT2D eigenvalue weighted by Crippen LogP contribution is 2.22. The zero-order valence-corrected chi connectivity index (χ0v) is 18.3. The van der Waals surface area contributed by atoms with Gasteiger partial charge in [-0.15, -0.1) is 0 Å². The lowest BCUT2D eigenvalue weighted by Gasteiger charge is -2.33. The van der Waals surface area contributed by atoms with Gasteiger partial charge < -0.3 is 5.32 Å². The van der Waals surface area contributed by atoms with E-state index in [1.807, 2.05) is 62.9 Å². The molecule has 0 aromatic heterocycles. The number of piperazine rings is 1. The molecule has 0 spiro atoms. The Balaban J connectivity index is 1.58. The number of sulfonamides is 1. The summed E-state index contributed by atoms with van der Waals surface area (Å²) < 4.78 is 27.6. The summed E-state index contributed by atoms with van der Waals surface area (Å²) in [6, 6.07) is 11.3. The zero-order chi connectivity index (χ0) is 21.2. The Hall–Kier alpha value is -2.22. The number of rotatable bonds is 5. The predicted molar refractivity (Wildman–Crippen MR) is 116 cm³/mol. The summed E-state index contributed by atoms with van der Waals surface area (Å²) in [6.45, 7) is 9.84. The predicted octanol–water partition coefficient (Wildman–Crippen LogP) is 2.87. The van der Waals surface area contributed by atoms with Crippen LogP contribution in [0.1, 0.15) is 22.3 Å². The molecule has 0 bridgehead atoms. The smallest absolute Gasteiger partial charge is 0.243 e. The first-order valence-corrected chi connectivity index (χ1v) is 11.3. The minimum absolute atomic E-state index is 0.0842. The number of benzene rings is 2. The molecule has 0 aliphatic carbocycles. The van der Waals surface area contributed by atoms with E-state index in [1.54, 1.807) is 6.07 Å². The molecule has 1 fully saturated rings. The van der Waals surface area contributed by atoms with E-state index in [4.69, 9.17) is 0 Å². The quantitative estimate of drug-likeness (QED) is 0.815. The van der Waals surface area contributed by atoms with Crippen molar-refractivity contribution in [1.29, 1.82) is 0 Å². The van der Waals surface area contributed by atoms with Gasteiger partial charge in [0.15, 0.2) is 0 Å². The molecular weight excluding hydrogens is 386 g/mol. The van der Waals surface area contributed by atoms with Gasteiger partial charge in [-0.05, 0) is 68.1 Å². The van der Waals surface area contributed by atoms with Crippen molar-refractivity contribution in [2.75, 3.05) is 38.0 Å². The number of carbonyl (C=O) groups is 1. The van der Waals surface area contributed by atoms with Gasteiger partial charge in [-0.1, -0.05) is 18.2 Å². The first-order chi connectivity index (χ1) is 13.7. The van der Waals surface area contributed by atoms with Crippen LogP contribution in [0.3, 0.4) is 0 Å². The van der Waals surface area contributed by atoms with E-state index in [0.717, 1.165) is 22.4 Å². The number of hydrogen-bond donors (Lipinski definition) is 1. The van der Waals surface area contributed by atoms with Gasteiger partial charge in [0, 0.05) is 31.9 Å². The van der Waals surface area contributed by atoms with Crippen LogP contribution >= 0.6 is 0 Å². The normalized spacial score (nSPS) is 16.0. The molecule has 3 rings (SSSR count). The van der Waals surface area contributed by atoms with Crippen LogP contribution in [-0.2, 0) is 14.8 Å². The maximum atomic E-state index is 13.0. The molecule has 2 aromatic carbocycles. The summed E-state index contributed by atoms with van der Waals surface area (Å²) in [6.07, 6.45) is 0. The Bertz CT molecular complexity index is 1010. The van der Waals surface area contributed by atoms with E-state index in [9.17, 15) is 13.2 Å². The summed E-state index contributed by atoms with van der Waals surface area (Å²) in [5, 5.41) is 2.93. The van der Waals surface area contributed by atoms with E-state index in [1.165, 1.54) is 9.87 Å². The van der Waals surface area contributed by atoms with Crippen LogP contribution in [-0.4, -0.2) is 56.3 Å². The van der Waals surface area contributed by atoms with Crippen LogP contribution in [0.25, 0.3) is 0 Å². The summed E-state index contributed by atoms with van der Waals surface area (Å²) in [7, 11) is -3.52. The fraction of sp³-hybridized carbons (Fsp3) is 0.409. The molecule has 0 unspecified atom stereocenters. The number of carbonyl (C=O) groups excluding carboxylic acids is 1. The molecule has 1 amide bonds. The average Bonchev–Trinajstić information content (AvgIpc) is 2.67. The van der Waals surface area contributed by atoms with Crippen molar-refractivity contribution < 1.29 is 13.2 Å². The molecule has 1 N–H and O–H groups in total. The standard InChI is InChI=1S/C22H29N3O3S/c1-16-5-6-18(3)21(13-16)29(27,28)25-11-9-24(10-12-25)15-22(26)23-20-8-7-17(2)19(4)14-20/h5-8,13-14H,9-12,15H2,1-4H3,(H,23,26). The van der Waals surface area contributed by atoms with Crippen molar-refractivity contribution in [2.45, 2.75) is 32.6 Å². The Kier molecular flexibility index (Phi) is 6.41. The van der Waals surface area contributed by atoms with Gasteiger partial charge >= 0.3 is 0 Å². The third kappa shape index (κ3) is 5.04. The van der Waals surface area contributed by atoms with Gasteiger partial charge in [-0.2, -0.15) is 4.31 Å². The second-order valence-electron chi connectivity index (χ2n) is 7.80. The molecule has 1 heterocycles. The average molecular weight is 416 g/mol. The Morgan fingerprint density at radius 1 is 0.897 bits per heavy atom. The molecule has 29 heavy (non-hydrogen) atoms. The van der Waals surface area contributed by atoms with Crippen molar-refractivity contribution in [3.8, 4) is 0 Å². The lowest BCUT2D eigenvalue weighted by Crippen LogP contribution is -2.50. The number of amides is 1. The van der Waals surface area contributed by atoms with Gasteiger partial charge in [0.05, 0.1) is 11.4 Å². The van der Waals surface area contributed by atoms with Crippen molar-refractivity contribution in [1.82, 2.24) is 9.21 Å².